The van der Waals surface area contributed by atoms with Crippen LogP contribution >= 0.6 is 0 Å². The fourth-order valence-electron chi connectivity index (χ4n) is 5.67. The number of carbonyl (C=O) groups excluding carboxylic acids is 1. The second-order valence-electron chi connectivity index (χ2n) is 10.1. The van der Waals surface area contributed by atoms with Gasteiger partial charge in [0.25, 0.3) is 0 Å². The van der Waals surface area contributed by atoms with Gasteiger partial charge in [-0.25, -0.2) is 4.98 Å². The van der Waals surface area contributed by atoms with Gasteiger partial charge in [-0.15, -0.1) is 0 Å². The van der Waals surface area contributed by atoms with Gasteiger partial charge in [-0.05, 0) is 80.3 Å². The number of rotatable bonds is 9. The zero-order valence-electron chi connectivity index (χ0n) is 22.1. The summed E-state index contributed by atoms with van der Waals surface area (Å²) in [5.41, 5.74) is 6.67. The van der Waals surface area contributed by atoms with Crippen molar-refractivity contribution in [3.8, 4) is 17.2 Å². The summed E-state index contributed by atoms with van der Waals surface area (Å²) in [6, 6.07) is 14.9. The van der Waals surface area contributed by atoms with Gasteiger partial charge in [-0.2, -0.15) is 0 Å². The number of esters is 1. The van der Waals surface area contributed by atoms with Crippen molar-refractivity contribution in [1.29, 1.82) is 0 Å². The lowest BCUT2D eigenvalue weighted by Gasteiger charge is -2.21. The molecule has 1 fully saturated rings. The largest absolute Gasteiger partial charge is 0.493 e. The molecule has 0 radical (unpaired) electrons. The Labute approximate surface area is 219 Å². The van der Waals surface area contributed by atoms with E-state index in [1.807, 2.05) is 26.0 Å². The van der Waals surface area contributed by atoms with Crippen LogP contribution in [-0.4, -0.2) is 24.2 Å². The van der Waals surface area contributed by atoms with Crippen LogP contribution in [0.25, 0.3) is 17.0 Å². The summed E-state index contributed by atoms with van der Waals surface area (Å²) >= 11 is 0. The number of hydrogen-bond donors (Lipinski definition) is 0. The third-order valence-electron chi connectivity index (χ3n) is 7.63. The molecule has 3 aromatic rings. The van der Waals surface area contributed by atoms with Crippen molar-refractivity contribution < 1.29 is 18.7 Å². The predicted molar refractivity (Wildman–Crippen MR) is 146 cm³/mol. The third kappa shape index (κ3) is 5.98. The summed E-state index contributed by atoms with van der Waals surface area (Å²) in [5, 5.41) is 0. The number of benzene rings is 2. The lowest BCUT2D eigenvalue weighted by Crippen LogP contribution is -2.10. The molecule has 0 saturated heterocycles. The van der Waals surface area contributed by atoms with Crippen LogP contribution in [0, 0.1) is 6.92 Å². The lowest BCUT2D eigenvalue weighted by molar-refractivity contribution is -0.141. The van der Waals surface area contributed by atoms with E-state index in [-0.39, 0.29) is 5.97 Å². The summed E-state index contributed by atoms with van der Waals surface area (Å²) < 4.78 is 17.4. The van der Waals surface area contributed by atoms with Crippen LogP contribution < -0.4 is 4.74 Å². The molecule has 1 heterocycles. The van der Waals surface area contributed by atoms with Crippen LogP contribution in [0.2, 0.25) is 0 Å². The molecule has 5 heteroatoms. The van der Waals surface area contributed by atoms with Crippen LogP contribution in [0.4, 0.5) is 0 Å². The van der Waals surface area contributed by atoms with E-state index in [9.17, 15) is 4.79 Å². The van der Waals surface area contributed by atoms with Gasteiger partial charge in [0.1, 0.15) is 11.5 Å². The van der Waals surface area contributed by atoms with Crippen LogP contribution in [0.5, 0.6) is 5.75 Å². The first-order chi connectivity index (χ1) is 18.1. The van der Waals surface area contributed by atoms with E-state index in [2.05, 4.69) is 36.4 Å². The first-order valence-electron chi connectivity index (χ1n) is 13.8. The lowest BCUT2D eigenvalue weighted by atomic mass is 9.84. The van der Waals surface area contributed by atoms with E-state index in [4.69, 9.17) is 18.9 Å². The van der Waals surface area contributed by atoms with Crippen molar-refractivity contribution in [2.45, 2.75) is 77.6 Å². The molecule has 0 aliphatic heterocycles. The maximum atomic E-state index is 12.1. The number of ether oxygens (including phenoxy) is 2. The Bertz CT molecular complexity index is 1250. The van der Waals surface area contributed by atoms with Gasteiger partial charge >= 0.3 is 5.97 Å². The summed E-state index contributed by atoms with van der Waals surface area (Å²) in [6.07, 6.45) is 11.6. The van der Waals surface area contributed by atoms with Crippen LogP contribution in [0.3, 0.4) is 0 Å². The van der Waals surface area contributed by atoms with E-state index in [0.717, 1.165) is 46.7 Å². The quantitative estimate of drug-likeness (QED) is 0.284. The monoisotopic (exact) mass is 499 g/mol. The number of allylic oxidation sites excluding steroid dienone is 1. The Balaban J connectivity index is 1.22. The molecule has 0 atom stereocenters. The van der Waals surface area contributed by atoms with Gasteiger partial charge in [-0.3, -0.25) is 4.79 Å². The van der Waals surface area contributed by atoms with Crippen molar-refractivity contribution in [3.05, 3.63) is 76.7 Å². The van der Waals surface area contributed by atoms with Gasteiger partial charge in [0, 0.05) is 17.5 Å². The molecule has 194 valence electrons. The van der Waals surface area contributed by atoms with Gasteiger partial charge in [0.2, 0.25) is 5.89 Å². The summed E-state index contributed by atoms with van der Waals surface area (Å²) in [7, 11) is 0. The normalized spacial score (nSPS) is 15.7. The van der Waals surface area contributed by atoms with E-state index in [1.165, 1.54) is 43.2 Å². The summed E-state index contributed by atoms with van der Waals surface area (Å²) in [4.78, 5) is 16.8. The Morgan fingerprint density at radius 2 is 1.89 bits per heavy atom. The molecule has 2 aromatic carbocycles. The minimum Gasteiger partial charge on any atom is -0.493 e. The highest BCUT2D eigenvalue weighted by atomic mass is 16.5. The Hall–Kier alpha value is -3.34. The van der Waals surface area contributed by atoms with E-state index >= 15 is 0 Å². The number of oxazole rings is 1. The molecule has 1 aromatic heterocycles. The highest BCUT2D eigenvalue weighted by Crippen LogP contribution is 2.36. The molecular weight excluding hydrogens is 462 g/mol. The number of aromatic nitrogens is 1. The van der Waals surface area contributed by atoms with Crippen molar-refractivity contribution >= 4 is 11.5 Å². The molecule has 0 amide bonds. The topological polar surface area (TPSA) is 61.6 Å². The van der Waals surface area contributed by atoms with Gasteiger partial charge in [0.15, 0.2) is 0 Å². The van der Waals surface area contributed by atoms with Crippen molar-refractivity contribution in [2.75, 3.05) is 13.2 Å². The number of fused-ring (bicyclic) bond motifs is 1. The average Bonchev–Trinajstić information content (AvgIpc) is 3.30. The Morgan fingerprint density at radius 3 is 2.68 bits per heavy atom. The minimum atomic E-state index is -0.186. The smallest absolute Gasteiger partial charge is 0.310 e. The van der Waals surface area contributed by atoms with Crippen molar-refractivity contribution in [1.82, 2.24) is 4.98 Å². The molecule has 0 bridgehead atoms. The fraction of sp³-hybridized carbons (Fsp3) is 0.438. The van der Waals surface area contributed by atoms with Crippen LogP contribution in [-0.2, 0) is 22.4 Å². The molecule has 2 aliphatic carbocycles. The van der Waals surface area contributed by atoms with Gasteiger partial charge in [-0.1, -0.05) is 49.6 Å². The average molecular weight is 500 g/mol. The van der Waals surface area contributed by atoms with E-state index < -0.39 is 0 Å². The molecule has 1 saturated carbocycles. The molecule has 2 aliphatic rings. The molecule has 0 N–H and O–H groups in total. The second kappa shape index (κ2) is 11.8. The molecule has 5 rings (SSSR count). The molecule has 5 nitrogen and oxygen atoms in total. The number of carbonyl (C=O) groups is 1. The summed E-state index contributed by atoms with van der Waals surface area (Å²) in [6.45, 7) is 4.72. The van der Waals surface area contributed by atoms with Crippen LogP contribution in [0.1, 0.15) is 85.9 Å². The molecular formula is C32H37NO4. The molecule has 0 spiro atoms. The fourth-order valence-corrected chi connectivity index (χ4v) is 5.67. The third-order valence-corrected chi connectivity index (χ3v) is 7.63. The van der Waals surface area contributed by atoms with Gasteiger partial charge < -0.3 is 13.9 Å². The highest BCUT2D eigenvalue weighted by Gasteiger charge is 2.20. The molecule has 37 heavy (non-hydrogen) atoms. The van der Waals surface area contributed by atoms with Crippen LogP contribution in [0.15, 0.2) is 53.0 Å². The van der Waals surface area contributed by atoms with Crippen molar-refractivity contribution in [3.63, 3.8) is 0 Å². The zero-order chi connectivity index (χ0) is 25.6. The summed E-state index contributed by atoms with van der Waals surface area (Å²) in [5.74, 6) is 2.90. The predicted octanol–water partition coefficient (Wildman–Crippen LogP) is 7.60. The Kier molecular flexibility index (Phi) is 8.08. The van der Waals surface area contributed by atoms with E-state index in [0.29, 0.717) is 37.9 Å². The Morgan fingerprint density at radius 1 is 1.08 bits per heavy atom. The van der Waals surface area contributed by atoms with Gasteiger partial charge in [0.05, 0.1) is 25.3 Å². The SMILES string of the molecule is CCOC(=O)CC1=CCCc2c(OCCc3nc(-c4ccc(C5CCCCC5)cc4)oc3C)cccc21. The maximum Gasteiger partial charge on any atom is 0.310 e. The number of aryl methyl sites for hydroxylation is 1. The minimum absolute atomic E-state index is 0.186. The first-order valence-corrected chi connectivity index (χ1v) is 13.8. The highest BCUT2D eigenvalue weighted by molar-refractivity contribution is 5.87. The first kappa shape index (κ1) is 25.3. The van der Waals surface area contributed by atoms with E-state index in [1.54, 1.807) is 0 Å². The zero-order valence-corrected chi connectivity index (χ0v) is 22.1. The van der Waals surface area contributed by atoms with Crippen molar-refractivity contribution in [2.24, 2.45) is 0 Å². The standard InChI is InChI=1S/C32H37NO4/c1-3-35-31(34)21-26-11-7-13-28-27(26)12-8-14-30(28)36-20-19-29-22(2)37-32(33-29)25-17-15-24(16-18-25)23-9-5-4-6-10-23/h8,11-12,14-18,23H,3-7,9-10,13,19-21H2,1-2H3. The number of nitrogens with zero attached hydrogens (tertiary/aromatic N) is 1. The molecule has 0 unspecified atom stereocenters. The second-order valence-corrected chi connectivity index (χ2v) is 10.1. The maximum absolute atomic E-state index is 12.1. The number of hydrogen-bond acceptors (Lipinski definition) is 5.